The largest absolute Gasteiger partial charge is 0.378 e. The third-order valence-electron chi connectivity index (χ3n) is 5.79. The molecule has 7 heteroatoms. The van der Waals surface area contributed by atoms with Crippen LogP contribution in [0.4, 0.5) is 11.5 Å². The Balaban J connectivity index is 1.72. The molecule has 0 amide bonds. The highest BCUT2D eigenvalue weighted by Crippen LogP contribution is 2.37. The summed E-state index contributed by atoms with van der Waals surface area (Å²) in [4.78, 5) is 9.80. The molecule has 0 bridgehead atoms. The Morgan fingerprint density at radius 3 is 2.77 bits per heavy atom. The fourth-order valence-electron chi connectivity index (χ4n) is 4.25. The Hall–Kier alpha value is -2.19. The lowest BCUT2D eigenvalue weighted by Crippen LogP contribution is -2.38. The second-order valence-electron chi connectivity index (χ2n) is 8.45. The normalized spacial score (nSPS) is 16.6. The molecule has 1 aromatic carbocycles. The molecule has 0 spiro atoms. The third kappa shape index (κ3) is 4.44. The molecular formula is C23H34N6O. The van der Waals surface area contributed by atoms with Gasteiger partial charge in [0, 0.05) is 62.1 Å². The highest BCUT2D eigenvalue weighted by atomic mass is 16.5. The zero-order chi connectivity index (χ0) is 21.1. The predicted octanol–water partition coefficient (Wildman–Crippen LogP) is 2.21. The number of aromatic nitrogens is 1. The fourth-order valence-corrected chi connectivity index (χ4v) is 4.25. The van der Waals surface area contributed by atoms with Gasteiger partial charge in [0.1, 0.15) is 5.82 Å². The molecule has 4 rings (SSSR count). The molecule has 1 saturated heterocycles. The lowest BCUT2D eigenvalue weighted by molar-refractivity contribution is 0.122. The summed E-state index contributed by atoms with van der Waals surface area (Å²) >= 11 is 0. The maximum Gasteiger partial charge on any atom is 0.150 e. The van der Waals surface area contributed by atoms with Gasteiger partial charge in [0.05, 0.1) is 18.9 Å². The van der Waals surface area contributed by atoms with E-state index in [1.807, 2.05) is 0 Å². The quantitative estimate of drug-likeness (QED) is 0.725. The SMILES string of the molecule is CC(C)N1NCc2c(N3CCOCC3)cc(-c3cccc(CN(C)CCN)c3)nc21. The standard InChI is InChI=1S/C23H34N6O/c1-17(2)29-23-20(15-25-29)22(28-9-11-30-12-10-28)14-21(26-23)19-6-4-5-18(13-19)16-27(3)8-7-24/h4-6,13-14,17,25H,7-12,15-16,24H2,1-3H3. The van der Waals surface area contributed by atoms with Crippen LogP contribution in [0.1, 0.15) is 25.0 Å². The number of nitrogens with two attached hydrogens (primary N) is 1. The van der Waals surface area contributed by atoms with Gasteiger partial charge in [-0.05, 0) is 38.6 Å². The summed E-state index contributed by atoms with van der Waals surface area (Å²) in [5, 5.41) is 2.20. The average Bonchev–Trinajstić information content (AvgIpc) is 3.18. The topological polar surface area (TPSA) is 69.9 Å². The molecule has 0 aliphatic carbocycles. The molecule has 0 atom stereocenters. The number of nitrogens with one attached hydrogen (secondary N) is 1. The van der Waals surface area contributed by atoms with Gasteiger partial charge in [0.2, 0.25) is 0 Å². The van der Waals surface area contributed by atoms with E-state index in [0.717, 1.165) is 63.0 Å². The van der Waals surface area contributed by atoms with Crippen molar-refractivity contribution in [3.8, 4) is 11.3 Å². The van der Waals surface area contributed by atoms with Crippen molar-refractivity contribution in [1.82, 2.24) is 15.3 Å². The van der Waals surface area contributed by atoms with E-state index in [0.29, 0.717) is 12.6 Å². The predicted molar refractivity (Wildman–Crippen MR) is 123 cm³/mol. The van der Waals surface area contributed by atoms with E-state index in [2.05, 4.69) is 71.5 Å². The number of morpholine rings is 1. The first-order chi connectivity index (χ1) is 14.6. The Bertz CT molecular complexity index is 865. The van der Waals surface area contributed by atoms with Crippen molar-refractivity contribution in [1.29, 1.82) is 0 Å². The van der Waals surface area contributed by atoms with Crippen LogP contribution in [0.5, 0.6) is 0 Å². The van der Waals surface area contributed by atoms with E-state index in [4.69, 9.17) is 15.5 Å². The first-order valence-electron chi connectivity index (χ1n) is 10.9. The van der Waals surface area contributed by atoms with Crippen molar-refractivity contribution in [2.24, 2.45) is 5.73 Å². The van der Waals surface area contributed by atoms with E-state index in [1.54, 1.807) is 0 Å². The summed E-state index contributed by atoms with van der Waals surface area (Å²) in [7, 11) is 2.11. The molecule has 30 heavy (non-hydrogen) atoms. The molecular weight excluding hydrogens is 376 g/mol. The minimum atomic E-state index is 0.336. The molecule has 3 N–H and O–H groups in total. The van der Waals surface area contributed by atoms with Crippen molar-refractivity contribution in [2.75, 3.05) is 56.3 Å². The van der Waals surface area contributed by atoms with Gasteiger partial charge in [-0.15, -0.1) is 0 Å². The van der Waals surface area contributed by atoms with Crippen molar-refractivity contribution < 1.29 is 4.74 Å². The molecule has 0 unspecified atom stereocenters. The number of likely N-dealkylation sites (N-methyl/N-ethyl adjacent to an activating group) is 1. The number of benzene rings is 1. The Kier molecular flexibility index (Phi) is 6.53. The van der Waals surface area contributed by atoms with Crippen LogP contribution in [-0.4, -0.2) is 62.4 Å². The maximum absolute atomic E-state index is 5.71. The van der Waals surface area contributed by atoms with Crippen LogP contribution in [-0.2, 0) is 17.8 Å². The Labute approximate surface area is 179 Å². The molecule has 2 aliphatic rings. The van der Waals surface area contributed by atoms with E-state index >= 15 is 0 Å². The molecule has 2 aliphatic heterocycles. The van der Waals surface area contributed by atoms with Crippen LogP contribution in [0, 0.1) is 0 Å². The van der Waals surface area contributed by atoms with E-state index in [1.165, 1.54) is 16.8 Å². The minimum absolute atomic E-state index is 0.336. The van der Waals surface area contributed by atoms with Gasteiger partial charge in [-0.1, -0.05) is 18.2 Å². The molecule has 162 valence electrons. The summed E-state index contributed by atoms with van der Waals surface area (Å²) < 4.78 is 5.59. The maximum atomic E-state index is 5.71. The minimum Gasteiger partial charge on any atom is -0.378 e. The van der Waals surface area contributed by atoms with Crippen LogP contribution in [0.2, 0.25) is 0 Å². The number of nitrogens with zero attached hydrogens (tertiary/aromatic N) is 4. The molecule has 7 nitrogen and oxygen atoms in total. The number of ether oxygens (including phenoxy) is 1. The number of hydrogen-bond acceptors (Lipinski definition) is 7. The lowest BCUT2D eigenvalue weighted by atomic mass is 10.0. The van der Waals surface area contributed by atoms with Gasteiger partial charge in [-0.2, -0.15) is 0 Å². The van der Waals surface area contributed by atoms with Crippen LogP contribution >= 0.6 is 0 Å². The zero-order valence-electron chi connectivity index (χ0n) is 18.4. The summed E-state index contributed by atoms with van der Waals surface area (Å²) in [5.41, 5.74) is 15.2. The van der Waals surface area contributed by atoms with E-state index < -0.39 is 0 Å². The molecule has 1 fully saturated rings. The summed E-state index contributed by atoms with van der Waals surface area (Å²) in [6, 6.07) is 11.3. The lowest BCUT2D eigenvalue weighted by Gasteiger charge is -2.31. The summed E-state index contributed by atoms with van der Waals surface area (Å²) in [6.07, 6.45) is 0. The molecule has 1 aromatic heterocycles. The van der Waals surface area contributed by atoms with Crippen molar-refractivity contribution in [3.63, 3.8) is 0 Å². The van der Waals surface area contributed by atoms with Crippen LogP contribution < -0.4 is 21.1 Å². The van der Waals surface area contributed by atoms with Gasteiger partial charge >= 0.3 is 0 Å². The number of hydrogen-bond donors (Lipinski definition) is 2. The monoisotopic (exact) mass is 410 g/mol. The molecule has 0 saturated carbocycles. The van der Waals surface area contributed by atoms with Crippen LogP contribution in [0.3, 0.4) is 0 Å². The highest BCUT2D eigenvalue weighted by molar-refractivity contribution is 5.75. The van der Waals surface area contributed by atoms with E-state index in [9.17, 15) is 0 Å². The van der Waals surface area contributed by atoms with Crippen molar-refractivity contribution in [2.45, 2.75) is 33.0 Å². The number of rotatable bonds is 7. The Morgan fingerprint density at radius 2 is 2.03 bits per heavy atom. The smallest absolute Gasteiger partial charge is 0.150 e. The average molecular weight is 411 g/mol. The molecule has 2 aromatic rings. The highest BCUT2D eigenvalue weighted by Gasteiger charge is 2.29. The Morgan fingerprint density at radius 1 is 1.23 bits per heavy atom. The number of fused-ring (bicyclic) bond motifs is 1. The summed E-state index contributed by atoms with van der Waals surface area (Å²) in [6.45, 7) is 11.0. The second kappa shape index (κ2) is 9.31. The summed E-state index contributed by atoms with van der Waals surface area (Å²) in [5.74, 6) is 1.05. The van der Waals surface area contributed by atoms with Gasteiger partial charge in [-0.25, -0.2) is 10.4 Å². The van der Waals surface area contributed by atoms with Crippen LogP contribution in [0.15, 0.2) is 30.3 Å². The number of hydrazine groups is 1. The molecule has 3 heterocycles. The van der Waals surface area contributed by atoms with Crippen molar-refractivity contribution in [3.05, 3.63) is 41.5 Å². The van der Waals surface area contributed by atoms with Gasteiger partial charge < -0.3 is 20.3 Å². The first kappa shape index (κ1) is 21.1. The van der Waals surface area contributed by atoms with Gasteiger partial charge in [-0.3, -0.25) is 5.01 Å². The van der Waals surface area contributed by atoms with Gasteiger partial charge in [0.15, 0.2) is 0 Å². The number of pyridine rings is 1. The zero-order valence-corrected chi connectivity index (χ0v) is 18.4. The van der Waals surface area contributed by atoms with Gasteiger partial charge in [0.25, 0.3) is 0 Å². The number of anilines is 2. The first-order valence-corrected chi connectivity index (χ1v) is 10.9. The third-order valence-corrected chi connectivity index (χ3v) is 5.79. The molecule has 0 radical (unpaired) electrons. The van der Waals surface area contributed by atoms with Crippen LogP contribution in [0.25, 0.3) is 11.3 Å². The van der Waals surface area contributed by atoms with E-state index in [-0.39, 0.29) is 0 Å². The van der Waals surface area contributed by atoms with Crippen molar-refractivity contribution >= 4 is 11.5 Å². The fraction of sp³-hybridized carbons (Fsp3) is 0.522. The second-order valence-corrected chi connectivity index (χ2v) is 8.45.